The second-order valence-corrected chi connectivity index (χ2v) is 7.95. The fraction of sp³-hybridized carbons (Fsp3) is 0.182. The fourth-order valence-corrected chi connectivity index (χ4v) is 3.77. The molecule has 4 aromatic rings. The van der Waals surface area contributed by atoms with Crippen LogP contribution in [0.25, 0.3) is 17.0 Å². The molecule has 0 aliphatic heterocycles. The van der Waals surface area contributed by atoms with Crippen molar-refractivity contribution in [1.82, 2.24) is 19.8 Å². The second kappa shape index (κ2) is 9.59. The third-order valence-corrected chi connectivity index (χ3v) is 5.62. The number of alkyl halides is 3. The molecule has 4 rings (SSSR count). The number of benzene rings is 2. The highest BCUT2D eigenvalue weighted by Crippen LogP contribution is 2.32. The fourth-order valence-electron chi connectivity index (χ4n) is 3.11. The lowest BCUT2D eigenvalue weighted by Crippen LogP contribution is -2.15. The number of hydrogen-bond donors (Lipinski definition) is 1. The van der Waals surface area contributed by atoms with E-state index in [2.05, 4.69) is 20.6 Å². The Morgan fingerprint density at radius 3 is 2.56 bits per heavy atom. The summed E-state index contributed by atoms with van der Waals surface area (Å²) in [4.78, 5) is 12.3. The van der Waals surface area contributed by atoms with Crippen molar-refractivity contribution < 1.29 is 27.4 Å². The van der Waals surface area contributed by atoms with Gasteiger partial charge in [-0.05, 0) is 48.5 Å². The van der Waals surface area contributed by atoms with Gasteiger partial charge >= 0.3 is 6.18 Å². The van der Waals surface area contributed by atoms with Gasteiger partial charge < -0.3 is 14.8 Å². The average Bonchev–Trinajstić information content (AvgIpc) is 3.25. The molecule has 2 aromatic heterocycles. The number of hydrogen-bond acceptors (Lipinski definition) is 7. The van der Waals surface area contributed by atoms with Crippen LogP contribution in [0.5, 0.6) is 11.5 Å². The Labute approximate surface area is 196 Å². The zero-order valence-corrected chi connectivity index (χ0v) is 18.8. The summed E-state index contributed by atoms with van der Waals surface area (Å²) in [6.07, 6.45) is -4.49. The Hall–Kier alpha value is -3.80. The first-order valence-corrected chi connectivity index (χ1v) is 10.8. The van der Waals surface area contributed by atoms with Gasteiger partial charge in [-0.2, -0.15) is 22.8 Å². The van der Waals surface area contributed by atoms with Gasteiger partial charge in [0.2, 0.25) is 5.91 Å². The molecule has 0 aliphatic carbocycles. The van der Waals surface area contributed by atoms with E-state index < -0.39 is 17.6 Å². The Morgan fingerprint density at radius 2 is 1.82 bits per heavy atom. The topological polar surface area (TPSA) is 90.6 Å². The second-order valence-electron chi connectivity index (χ2n) is 6.95. The minimum atomic E-state index is -4.49. The van der Waals surface area contributed by atoms with Crippen LogP contribution in [0, 0.1) is 0 Å². The van der Waals surface area contributed by atoms with E-state index in [1.54, 1.807) is 30.3 Å². The van der Waals surface area contributed by atoms with Crippen molar-refractivity contribution in [2.75, 3.05) is 25.3 Å². The van der Waals surface area contributed by atoms with Gasteiger partial charge in [0, 0.05) is 11.3 Å². The van der Waals surface area contributed by atoms with Gasteiger partial charge in [-0.15, -0.1) is 10.2 Å². The SMILES string of the molecule is COc1ccc(-c2nnc3ccc(SCC(=O)Nc4cccc(C(F)(F)F)c4)nn23)cc1OC. The minimum Gasteiger partial charge on any atom is -0.493 e. The Morgan fingerprint density at radius 1 is 1.03 bits per heavy atom. The molecule has 0 saturated carbocycles. The number of anilines is 1. The molecule has 34 heavy (non-hydrogen) atoms. The van der Waals surface area contributed by atoms with Crippen molar-refractivity contribution in [3.8, 4) is 22.9 Å². The predicted octanol–water partition coefficient (Wildman–Crippen LogP) is 4.56. The van der Waals surface area contributed by atoms with Crippen molar-refractivity contribution >= 4 is 29.0 Å². The summed E-state index contributed by atoms with van der Waals surface area (Å²) in [6.45, 7) is 0. The van der Waals surface area contributed by atoms with Crippen LogP contribution in [0.3, 0.4) is 0 Å². The van der Waals surface area contributed by atoms with Crippen LogP contribution >= 0.6 is 11.8 Å². The standard InChI is InChI=1S/C22H18F3N5O3S/c1-32-16-7-6-13(10-17(16)33-2)21-28-27-18-8-9-20(29-30(18)21)34-12-19(31)26-15-5-3-4-14(11-15)22(23,24)25/h3-11H,12H2,1-2H3,(H,26,31). The summed E-state index contributed by atoms with van der Waals surface area (Å²) < 4.78 is 50.7. The summed E-state index contributed by atoms with van der Waals surface area (Å²) in [5.74, 6) is 1.04. The number of ether oxygens (including phenoxy) is 2. The molecule has 0 spiro atoms. The minimum absolute atomic E-state index is 0.0530. The molecular weight excluding hydrogens is 471 g/mol. The third-order valence-electron chi connectivity index (χ3n) is 4.70. The smallest absolute Gasteiger partial charge is 0.416 e. The highest BCUT2D eigenvalue weighted by Gasteiger charge is 2.30. The molecule has 1 amide bonds. The highest BCUT2D eigenvalue weighted by atomic mass is 32.2. The van der Waals surface area contributed by atoms with Crippen molar-refractivity contribution in [1.29, 1.82) is 0 Å². The number of carbonyl (C=O) groups excluding carboxylic acids is 1. The zero-order valence-electron chi connectivity index (χ0n) is 18.0. The van der Waals surface area contributed by atoms with Crippen molar-refractivity contribution in [2.45, 2.75) is 11.2 Å². The normalized spacial score (nSPS) is 11.4. The Kier molecular flexibility index (Phi) is 6.59. The number of nitrogens with zero attached hydrogens (tertiary/aromatic N) is 4. The lowest BCUT2D eigenvalue weighted by atomic mass is 10.2. The van der Waals surface area contributed by atoms with E-state index in [-0.39, 0.29) is 11.4 Å². The molecule has 8 nitrogen and oxygen atoms in total. The summed E-state index contributed by atoms with van der Waals surface area (Å²) in [7, 11) is 3.07. The molecule has 0 unspecified atom stereocenters. The van der Waals surface area contributed by atoms with E-state index in [0.717, 1.165) is 23.9 Å². The third kappa shape index (κ3) is 5.06. The molecule has 0 aliphatic rings. The zero-order chi connectivity index (χ0) is 24.3. The highest BCUT2D eigenvalue weighted by molar-refractivity contribution is 7.99. The molecule has 2 aromatic carbocycles. The first kappa shape index (κ1) is 23.4. The van der Waals surface area contributed by atoms with Crippen LogP contribution in [-0.2, 0) is 11.0 Å². The summed E-state index contributed by atoms with van der Waals surface area (Å²) in [5.41, 5.74) is 0.434. The van der Waals surface area contributed by atoms with Crippen LogP contribution in [0.2, 0.25) is 0 Å². The first-order valence-electron chi connectivity index (χ1n) is 9.83. The lowest BCUT2D eigenvalue weighted by molar-refractivity contribution is -0.137. The van der Waals surface area contributed by atoms with Gasteiger partial charge in [0.05, 0.1) is 25.5 Å². The number of halogens is 3. The summed E-state index contributed by atoms with van der Waals surface area (Å²) >= 11 is 1.13. The molecule has 176 valence electrons. The van der Waals surface area contributed by atoms with E-state index in [1.165, 1.54) is 30.9 Å². The van der Waals surface area contributed by atoms with Gasteiger partial charge in [-0.3, -0.25) is 4.79 Å². The maximum absolute atomic E-state index is 12.9. The van der Waals surface area contributed by atoms with E-state index in [9.17, 15) is 18.0 Å². The molecule has 12 heteroatoms. The first-order chi connectivity index (χ1) is 16.3. The summed E-state index contributed by atoms with van der Waals surface area (Å²) in [5, 5.41) is 15.8. The molecule has 0 fully saturated rings. The summed E-state index contributed by atoms with van der Waals surface area (Å²) in [6, 6.07) is 13.1. The lowest BCUT2D eigenvalue weighted by Gasteiger charge is -2.10. The number of carbonyl (C=O) groups is 1. The maximum Gasteiger partial charge on any atom is 0.416 e. The monoisotopic (exact) mass is 489 g/mol. The van der Waals surface area contributed by atoms with E-state index in [4.69, 9.17) is 9.47 Å². The number of nitrogens with one attached hydrogen (secondary N) is 1. The van der Waals surface area contributed by atoms with Crippen LogP contribution in [-0.4, -0.2) is 45.7 Å². The predicted molar refractivity (Wildman–Crippen MR) is 120 cm³/mol. The number of fused-ring (bicyclic) bond motifs is 1. The van der Waals surface area contributed by atoms with Crippen LogP contribution < -0.4 is 14.8 Å². The van der Waals surface area contributed by atoms with Gasteiger partial charge in [-0.25, -0.2) is 0 Å². The molecule has 2 heterocycles. The number of rotatable bonds is 7. The van der Waals surface area contributed by atoms with E-state index in [0.29, 0.717) is 33.6 Å². The molecule has 1 N–H and O–H groups in total. The van der Waals surface area contributed by atoms with E-state index >= 15 is 0 Å². The van der Waals surface area contributed by atoms with Crippen LogP contribution in [0.15, 0.2) is 59.6 Å². The van der Waals surface area contributed by atoms with Gasteiger partial charge in [0.1, 0.15) is 5.03 Å². The van der Waals surface area contributed by atoms with Gasteiger partial charge in [0.15, 0.2) is 23.0 Å². The largest absolute Gasteiger partial charge is 0.493 e. The maximum atomic E-state index is 12.9. The van der Waals surface area contributed by atoms with Gasteiger partial charge in [-0.1, -0.05) is 17.8 Å². The molecule has 0 atom stereocenters. The number of aromatic nitrogens is 4. The van der Waals surface area contributed by atoms with Crippen LogP contribution in [0.1, 0.15) is 5.56 Å². The van der Waals surface area contributed by atoms with Gasteiger partial charge in [0.25, 0.3) is 0 Å². The quantitative estimate of drug-likeness (QED) is 0.381. The van der Waals surface area contributed by atoms with Crippen molar-refractivity contribution in [2.24, 2.45) is 0 Å². The molecule has 0 saturated heterocycles. The van der Waals surface area contributed by atoms with E-state index in [1.807, 2.05) is 0 Å². The molecular formula is C22H18F3N5O3S. The number of methoxy groups -OCH3 is 2. The van der Waals surface area contributed by atoms with Crippen LogP contribution in [0.4, 0.5) is 18.9 Å². The average molecular weight is 489 g/mol. The van der Waals surface area contributed by atoms with Crippen molar-refractivity contribution in [3.63, 3.8) is 0 Å². The number of amides is 1. The Bertz CT molecular complexity index is 1340. The number of thioether (sulfide) groups is 1. The molecule has 0 radical (unpaired) electrons. The Balaban J connectivity index is 1.49. The van der Waals surface area contributed by atoms with Crippen molar-refractivity contribution in [3.05, 3.63) is 60.2 Å². The molecule has 0 bridgehead atoms.